The molecule has 3 N–H and O–H groups in total. The van der Waals surface area contributed by atoms with Crippen LogP contribution in [0, 0.1) is 0 Å². The Morgan fingerprint density at radius 3 is 2.55 bits per heavy atom. The Balaban J connectivity index is 1.77. The summed E-state index contributed by atoms with van der Waals surface area (Å²) in [6, 6.07) is 9.94. The number of hydrogen-bond donors (Lipinski definition) is 2. The molecule has 0 unspecified atom stereocenters. The van der Waals surface area contributed by atoms with Crippen molar-refractivity contribution in [2.75, 3.05) is 17.6 Å². The highest BCUT2D eigenvalue weighted by Gasteiger charge is 2.03. The highest BCUT2D eigenvalue weighted by Crippen LogP contribution is 2.27. The molecule has 0 atom stereocenters. The minimum atomic E-state index is 0.780. The van der Waals surface area contributed by atoms with Crippen LogP contribution in [0.1, 0.15) is 5.56 Å². The molecule has 0 aliphatic heterocycles. The molecule has 2 heterocycles. The fourth-order valence-corrected chi connectivity index (χ4v) is 2.26. The van der Waals surface area contributed by atoms with E-state index in [1.54, 1.807) is 6.20 Å². The number of aromatic nitrogens is 2. The third-order valence-electron chi connectivity index (χ3n) is 3.33. The SMILES string of the molecule is Nc1ccc(NCCc2ccncc2)c2cnccc12. The highest BCUT2D eigenvalue weighted by atomic mass is 14.9. The van der Waals surface area contributed by atoms with Crippen molar-refractivity contribution in [2.45, 2.75) is 6.42 Å². The smallest absolute Gasteiger partial charge is 0.0437 e. The van der Waals surface area contributed by atoms with E-state index >= 15 is 0 Å². The Bertz CT molecular complexity index is 710. The monoisotopic (exact) mass is 264 g/mol. The van der Waals surface area contributed by atoms with Crippen LogP contribution in [0.2, 0.25) is 0 Å². The number of nitrogens with one attached hydrogen (secondary N) is 1. The lowest BCUT2D eigenvalue weighted by molar-refractivity contribution is 1.01. The van der Waals surface area contributed by atoms with Crippen LogP contribution >= 0.6 is 0 Å². The number of pyridine rings is 2. The molecule has 0 bridgehead atoms. The minimum Gasteiger partial charge on any atom is -0.398 e. The molecule has 3 aromatic rings. The molecule has 0 saturated carbocycles. The number of anilines is 2. The van der Waals surface area contributed by atoms with Gasteiger partial charge < -0.3 is 11.1 Å². The van der Waals surface area contributed by atoms with E-state index in [9.17, 15) is 0 Å². The van der Waals surface area contributed by atoms with Crippen LogP contribution in [-0.2, 0) is 6.42 Å². The Labute approximate surface area is 117 Å². The van der Waals surface area contributed by atoms with Gasteiger partial charge in [-0.2, -0.15) is 0 Å². The zero-order valence-electron chi connectivity index (χ0n) is 11.1. The summed E-state index contributed by atoms with van der Waals surface area (Å²) in [5.74, 6) is 0. The fourth-order valence-electron chi connectivity index (χ4n) is 2.26. The number of nitrogens with zero attached hydrogens (tertiary/aromatic N) is 2. The van der Waals surface area contributed by atoms with E-state index < -0.39 is 0 Å². The van der Waals surface area contributed by atoms with Crippen LogP contribution in [-0.4, -0.2) is 16.5 Å². The maximum absolute atomic E-state index is 5.98. The van der Waals surface area contributed by atoms with E-state index in [1.165, 1.54) is 5.56 Å². The number of fused-ring (bicyclic) bond motifs is 1. The Morgan fingerprint density at radius 1 is 0.900 bits per heavy atom. The topological polar surface area (TPSA) is 63.8 Å². The van der Waals surface area contributed by atoms with Crippen LogP contribution in [0.4, 0.5) is 11.4 Å². The second kappa shape index (κ2) is 5.57. The summed E-state index contributed by atoms with van der Waals surface area (Å²) in [5.41, 5.74) is 9.10. The zero-order valence-corrected chi connectivity index (χ0v) is 11.1. The molecular weight excluding hydrogens is 248 g/mol. The summed E-state index contributed by atoms with van der Waals surface area (Å²) in [7, 11) is 0. The average molecular weight is 264 g/mol. The number of rotatable bonds is 4. The standard InChI is InChI=1S/C16H16N4/c17-15-1-2-16(14-11-19-9-6-13(14)15)20-10-5-12-3-7-18-8-4-12/h1-4,6-9,11,20H,5,10,17H2. The van der Waals surface area contributed by atoms with Gasteiger partial charge in [0.2, 0.25) is 0 Å². The molecule has 0 aliphatic carbocycles. The van der Waals surface area contributed by atoms with Gasteiger partial charge in [-0.3, -0.25) is 9.97 Å². The van der Waals surface area contributed by atoms with Gasteiger partial charge in [0, 0.05) is 53.5 Å². The van der Waals surface area contributed by atoms with Crippen molar-refractivity contribution in [3.05, 3.63) is 60.7 Å². The average Bonchev–Trinajstić information content (AvgIpc) is 2.51. The maximum atomic E-state index is 5.98. The molecule has 2 aromatic heterocycles. The van der Waals surface area contributed by atoms with Gasteiger partial charge in [-0.1, -0.05) is 0 Å². The van der Waals surface area contributed by atoms with Crippen molar-refractivity contribution in [1.82, 2.24) is 9.97 Å². The normalized spacial score (nSPS) is 10.6. The number of hydrogen-bond acceptors (Lipinski definition) is 4. The molecule has 0 aliphatic rings. The van der Waals surface area contributed by atoms with Gasteiger partial charge in [-0.05, 0) is 42.3 Å². The molecule has 0 spiro atoms. The maximum Gasteiger partial charge on any atom is 0.0437 e. The lowest BCUT2D eigenvalue weighted by Gasteiger charge is -2.11. The van der Waals surface area contributed by atoms with Gasteiger partial charge in [0.15, 0.2) is 0 Å². The first kappa shape index (κ1) is 12.4. The fraction of sp³-hybridized carbons (Fsp3) is 0.125. The molecule has 0 saturated heterocycles. The summed E-state index contributed by atoms with van der Waals surface area (Å²) in [5, 5.41) is 5.54. The molecule has 100 valence electrons. The van der Waals surface area contributed by atoms with Crippen LogP contribution < -0.4 is 11.1 Å². The van der Waals surface area contributed by atoms with Crippen LogP contribution in [0.3, 0.4) is 0 Å². The van der Waals surface area contributed by atoms with Gasteiger partial charge in [0.25, 0.3) is 0 Å². The number of nitrogens with two attached hydrogens (primary N) is 1. The summed E-state index contributed by atoms with van der Waals surface area (Å²) < 4.78 is 0. The largest absolute Gasteiger partial charge is 0.398 e. The van der Waals surface area contributed by atoms with Crippen molar-refractivity contribution in [2.24, 2.45) is 0 Å². The van der Waals surface area contributed by atoms with E-state index in [-0.39, 0.29) is 0 Å². The molecule has 4 nitrogen and oxygen atoms in total. The first-order chi connectivity index (χ1) is 9.84. The Hall–Kier alpha value is -2.62. The van der Waals surface area contributed by atoms with E-state index in [1.807, 2.05) is 48.9 Å². The van der Waals surface area contributed by atoms with E-state index in [2.05, 4.69) is 15.3 Å². The summed E-state index contributed by atoms with van der Waals surface area (Å²) >= 11 is 0. The van der Waals surface area contributed by atoms with Crippen LogP contribution in [0.5, 0.6) is 0 Å². The molecule has 0 amide bonds. The Kier molecular flexibility index (Phi) is 3.46. The molecular formula is C16H16N4. The first-order valence-electron chi connectivity index (χ1n) is 6.59. The zero-order chi connectivity index (χ0) is 13.8. The van der Waals surface area contributed by atoms with Crippen LogP contribution in [0.25, 0.3) is 10.8 Å². The van der Waals surface area contributed by atoms with E-state index in [0.717, 1.165) is 35.1 Å². The van der Waals surface area contributed by atoms with Gasteiger partial charge >= 0.3 is 0 Å². The lowest BCUT2D eigenvalue weighted by Crippen LogP contribution is -2.05. The summed E-state index contributed by atoms with van der Waals surface area (Å²) in [6.07, 6.45) is 8.20. The molecule has 0 fully saturated rings. The van der Waals surface area contributed by atoms with E-state index in [0.29, 0.717) is 0 Å². The molecule has 1 aromatic carbocycles. The van der Waals surface area contributed by atoms with Crippen molar-refractivity contribution in [3.63, 3.8) is 0 Å². The van der Waals surface area contributed by atoms with Gasteiger partial charge in [0.05, 0.1) is 0 Å². The molecule has 20 heavy (non-hydrogen) atoms. The van der Waals surface area contributed by atoms with Gasteiger partial charge in [0.1, 0.15) is 0 Å². The van der Waals surface area contributed by atoms with Crippen molar-refractivity contribution in [3.8, 4) is 0 Å². The van der Waals surface area contributed by atoms with Crippen molar-refractivity contribution < 1.29 is 0 Å². The predicted octanol–water partition coefficient (Wildman–Crippen LogP) is 2.87. The second-order valence-corrected chi connectivity index (χ2v) is 4.66. The molecule has 3 rings (SSSR count). The summed E-state index contributed by atoms with van der Waals surface area (Å²) in [6.45, 7) is 0.859. The molecule has 0 radical (unpaired) electrons. The number of benzene rings is 1. The van der Waals surface area contributed by atoms with E-state index in [4.69, 9.17) is 5.73 Å². The van der Waals surface area contributed by atoms with Crippen molar-refractivity contribution >= 4 is 22.1 Å². The minimum absolute atomic E-state index is 0.780. The first-order valence-corrected chi connectivity index (χ1v) is 6.59. The lowest BCUT2D eigenvalue weighted by atomic mass is 10.1. The van der Waals surface area contributed by atoms with Crippen LogP contribution in [0.15, 0.2) is 55.1 Å². The Morgan fingerprint density at radius 2 is 1.70 bits per heavy atom. The third-order valence-corrected chi connectivity index (χ3v) is 3.33. The number of nitrogen functional groups attached to an aromatic ring is 1. The highest BCUT2D eigenvalue weighted by molar-refractivity contribution is 6.00. The third kappa shape index (κ3) is 2.54. The molecule has 4 heteroatoms. The quantitative estimate of drug-likeness (QED) is 0.711. The van der Waals surface area contributed by atoms with Crippen molar-refractivity contribution in [1.29, 1.82) is 0 Å². The summed E-state index contributed by atoms with van der Waals surface area (Å²) in [4.78, 5) is 8.20. The van der Waals surface area contributed by atoms with Gasteiger partial charge in [-0.25, -0.2) is 0 Å². The second-order valence-electron chi connectivity index (χ2n) is 4.66. The van der Waals surface area contributed by atoms with Gasteiger partial charge in [-0.15, -0.1) is 0 Å². The predicted molar refractivity (Wildman–Crippen MR) is 82.6 cm³/mol.